The van der Waals surface area contributed by atoms with Gasteiger partial charge in [0.1, 0.15) is 11.6 Å². The maximum Gasteiger partial charge on any atom is 0.258 e. The number of hydrogen-bond donors (Lipinski definition) is 3. The lowest BCUT2D eigenvalue weighted by atomic mass is 9.55. The van der Waals surface area contributed by atoms with Crippen LogP contribution in [-0.4, -0.2) is 38.4 Å². The second-order valence-electron chi connectivity index (χ2n) is 10.9. The van der Waals surface area contributed by atoms with Crippen LogP contribution in [0.25, 0.3) is 0 Å². The summed E-state index contributed by atoms with van der Waals surface area (Å²) in [4.78, 5) is 25.6. The number of halogens is 2. The van der Waals surface area contributed by atoms with Crippen LogP contribution in [0.15, 0.2) is 18.2 Å². The minimum absolute atomic E-state index is 0.00859. The van der Waals surface area contributed by atoms with Gasteiger partial charge in [0.05, 0.1) is 22.1 Å². The Morgan fingerprint density at radius 2 is 1.88 bits per heavy atom. The molecule has 2 amide bonds. The van der Waals surface area contributed by atoms with E-state index in [1.807, 2.05) is 0 Å². The lowest BCUT2D eigenvalue weighted by molar-refractivity contribution is -0.150. The summed E-state index contributed by atoms with van der Waals surface area (Å²) >= 11 is 5.70. The van der Waals surface area contributed by atoms with Gasteiger partial charge in [-0.1, -0.05) is 32.4 Å². The molecule has 3 saturated carbocycles. The van der Waals surface area contributed by atoms with Crippen LogP contribution in [0.5, 0.6) is 5.75 Å². The van der Waals surface area contributed by atoms with Crippen molar-refractivity contribution in [2.45, 2.75) is 82.7 Å². The summed E-state index contributed by atoms with van der Waals surface area (Å²) in [6, 6.07) is 4.05. The van der Waals surface area contributed by atoms with E-state index in [2.05, 4.69) is 44.6 Å². The van der Waals surface area contributed by atoms with Crippen molar-refractivity contribution in [1.82, 2.24) is 10.7 Å². The fourth-order valence-corrected chi connectivity index (χ4v) is 6.14. The van der Waals surface area contributed by atoms with Gasteiger partial charge in [-0.05, 0) is 62.4 Å². The van der Waals surface area contributed by atoms with Crippen LogP contribution in [-0.2, 0) is 14.0 Å². The second-order valence-corrected chi connectivity index (χ2v) is 16.1. The van der Waals surface area contributed by atoms with Crippen LogP contribution < -0.4 is 21.3 Å². The highest BCUT2D eigenvalue weighted by Gasteiger charge is 2.60. The van der Waals surface area contributed by atoms with Gasteiger partial charge < -0.3 is 14.5 Å². The van der Waals surface area contributed by atoms with Crippen molar-refractivity contribution in [3.63, 3.8) is 0 Å². The third kappa shape index (κ3) is 5.21. The summed E-state index contributed by atoms with van der Waals surface area (Å²) in [6.07, 6.45) is 2.66. The smallest absolute Gasteiger partial charge is 0.258 e. The van der Waals surface area contributed by atoms with E-state index in [0.717, 1.165) is 6.07 Å². The SMILES string of the molecule is CC(C)(C)[Si](C)(C)OC1CC2(C(=O)NN)CCC1(NC(=O)COc1ccc(Cl)c(F)c1)CC2. The van der Waals surface area contributed by atoms with E-state index >= 15 is 0 Å². The van der Waals surface area contributed by atoms with Crippen molar-refractivity contribution in [3.05, 3.63) is 29.0 Å². The molecule has 0 heterocycles. The maximum absolute atomic E-state index is 13.7. The molecule has 184 valence electrons. The lowest BCUT2D eigenvalue weighted by Crippen LogP contribution is -2.69. The fraction of sp³-hybridized carbons (Fsp3) is 0.652. The van der Waals surface area contributed by atoms with Crippen LogP contribution in [0, 0.1) is 11.2 Å². The average Bonchev–Trinajstić information content (AvgIpc) is 2.74. The molecule has 1 aromatic carbocycles. The number of ether oxygens (including phenoxy) is 1. The standard InChI is InChI=1S/C23H35ClFN3O4Si/c1-21(2,3)33(4,5)32-18-13-22(20(30)28-26)8-10-23(18,11-9-22)27-19(29)14-31-15-6-7-16(24)17(25)12-15/h6-7,12,18H,8-11,13-14,26H2,1-5H3,(H,27,29)(H,28,30). The Balaban J connectivity index is 1.77. The molecule has 10 heteroatoms. The highest BCUT2D eigenvalue weighted by atomic mass is 35.5. The van der Waals surface area contributed by atoms with Crippen LogP contribution in [0.3, 0.4) is 0 Å². The summed E-state index contributed by atoms with van der Waals surface area (Å²) in [5.74, 6) is 4.64. The number of benzene rings is 1. The van der Waals surface area contributed by atoms with Crippen molar-refractivity contribution in [2.24, 2.45) is 11.3 Å². The van der Waals surface area contributed by atoms with Gasteiger partial charge in [-0.25, -0.2) is 10.2 Å². The number of fused-ring (bicyclic) bond motifs is 3. The minimum atomic E-state index is -2.19. The number of rotatable bonds is 7. The molecule has 0 saturated heterocycles. The minimum Gasteiger partial charge on any atom is -0.484 e. The molecule has 0 radical (unpaired) electrons. The van der Waals surface area contributed by atoms with Gasteiger partial charge in [0.25, 0.3) is 5.91 Å². The molecule has 33 heavy (non-hydrogen) atoms. The van der Waals surface area contributed by atoms with Crippen molar-refractivity contribution in [1.29, 1.82) is 0 Å². The third-order valence-corrected chi connectivity index (χ3v) is 12.6. The molecule has 4 rings (SSSR count). The zero-order valence-corrected chi connectivity index (χ0v) is 21.8. The molecular weight excluding hydrogens is 465 g/mol. The van der Waals surface area contributed by atoms with Crippen molar-refractivity contribution in [2.75, 3.05) is 6.61 Å². The predicted octanol–water partition coefficient (Wildman–Crippen LogP) is 4.06. The van der Waals surface area contributed by atoms with Crippen molar-refractivity contribution >= 4 is 31.7 Å². The van der Waals surface area contributed by atoms with E-state index in [4.69, 9.17) is 26.6 Å². The number of carbonyl (C=O) groups is 2. The molecule has 3 aliphatic carbocycles. The van der Waals surface area contributed by atoms with Gasteiger partial charge in [-0.3, -0.25) is 15.0 Å². The first-order valence-corrected chi connectivity index (χ1v) is 14.6. The topological polar surface area (TPSA) is 103 Å². The maximum atomic E-state index is 13.7. The van der Waals surface area contributed by atoms with E-state index in [1.54, 1.807) is 0 Å². The molecular formula is C23H35ClFN3O4Si. The van der Waals surface area contributed by atoms with E-state index in [-0.39, 0.29) is 40.3 Å². The molecule has 0 aliphatic heterocycles. The first-order valence-electron chi connectivity index (χ1n) is 11.3. The number of hydrogen-bond acceptors (Lipinski definition) is 5. The highest BCUT2D eigenvalue weighted by molar-refractivity contribution is 6.74. The van der Waals surface area contributed by atoms with Crippen molar-refractivity contribution < 1.29 is 23.1 Å². The van der Waals surface area contributed by atoms with E-state index < -0.39 is 25.1 Å². The molecule has 7 nitrogen and oxygen atoms in total. The molecule has 1 unspecified atom stereocenters. The van der Waals surface area contributed by atoms with Crippen LogP contribution in [0.4, 0.5) is 4.39 Å². The number of carbonyl (C=O) groups excluding carboxylic acids is 2. The summed E-state index contributed by atoms with van der Waals surface area (Å²) in [7, 11) is -2.19. The lowest BCUT2D eigenvalue weighted by Gasteiger charge is -2.58. The van der Waals surface area contributed by atoms with Gasteiger partial charge in [0.2, 0.25) is 5.91 Å². The highest BCUT2D eigenvalue weighted by Crippen LogP contribution is 2.55. The Labute approximate surface area is 201 Å². The molecule has 0 aromatic heterocycles. The van der Waals surface area contributed by atoms with Crippen LogP contribution >= 0.6 is 11.6 Å². The normalized spacial score (nSPS) is 27.2. The zero-order chi connectivity index (χ0) is 24.7. The zero-order valence-electron chi connectivity index (χ0n) is 20.0. The summed E-state index contributed by atoms with van der Waals surface area (Å²) in [5, 5.41) is 3.13. The Morgan fingerprint density at radius 1 is 1.24 bits per heavy atom. The Morgan fingerprint density at radius 3 is 2.42 bits per heavy atom. The number of nitrogens with two attached hydrogens (primary N) is 1. The first kappa shape index (κ1) is 25.9. The summed E-state index contributed by atoms with van der Waals surface area (Å²) in [5.41, 5.74) is 1.17. The van der Waals surface area contributed by atoms with Crippen LogP contribution in [0.1, 0.15) is 52.9 Å². The number of nitrogens with one attached hydrogen (secondary N) is 2. The quantitative estimate of drug-likeness (QED) is 0.227. The monoisotopic (exact) mass is 499 g/mol. The fourth-order valence-electron chi connectivity index (χ4n) is 4.65. The molecule has 3 aliphatic rings. The molecule has 2 bridgehead atoms. The first-order chi connectivity index (χ1) is 15.2. The number of amides is 2. The average molecular weight is 500 g/mol. The molecule has 0 spiro atoms. The largest absolute Gasteiger partial charge is 0.484 e. The van der Waals surface area contributed by atoms with Gasteiger partial charge in [0, 0.05) is 6.07 Å². The Kier molecular flexibility index (Phi) is 7.20. The third-order valence-electron chi connectivity index (χ3n) is 7.80. The van der Waals surface area contributed by atoms with Crippen molar-refractivity contribution in [3.8, 4) is 5.75 Å². The van der Waals surface area contributed by atoms with E-state index in [9.17, 15) is 14.0 Å². The van der Waals surface area contributed by atoms with E-state index in [0.29, 0.717) is 32.1 Å². The summed E-state index contributed by atoms with van der Waals surface area (Å²) < 4.78 is 25.9. The predicted molar refractivity (Wildman–Crippen MR) is 128 cm³/mol. The Hall–Kier alpha value is -1.68. The molecule has 3 fully saturated rings. The van der Waals surface area contributed by atoms with Gasteiger partial charge in [-0.15, -0.1) is 0 Å². The van der Waals surface area contributed by atoms with E-state index in [1.165, 1.54) is 12.1 Å². The number of hydrazine groups is 1. The van der Waals surface area contributed by atoms with Crippen LogP contribution in [0.2, 0.25) is 23.2 Å². The Bertz CT molecular complexity index is 913. The van der Waals surface area contributed by atoms with Gasteiger partial charge in [0.15, 0.2) is 14.9 Å². The van der Waals surface area contributed by atoms with Gasteiger partial charge in [-0.2, -0.15) is 0 Å². The second kappa shape index (κ2) is 9.17. The molecule has 1 aromatic rings. The summed E-state index contributed by atoms with van der Waals surface area (Å²) in [6.45, 7) is 10.6. The molecule has 1 atom stereocenters. The van der Waals surface area contributed by atoms with Gasteiger partial charge >= 0.3 is 0 Å². The molecule has 4 N–H and O–H groups in total.